The van der Waals surface area contributed by atoms with Gasteiger partial charge in [-0.3, -0.25) is 19.3 Å². The Kier molecular flexibility index (Phi) is 7.46. The van der Waals surface area contributed by atoms with Crippen LogP contribution in [0.3, 0.4) is 0 Å². The van der Waals surface area contributed by atoms with E-state index in [0.717, 1.165) is 4.90 Å². The van der Waals surface area contributed by atoms with E-state index in [-0.39, 0.29) is 23.0 Å². The second kappa shape index (κ2) is 9.60. The third kappa shape index (κ3) is 5.26. The average Bonchev–Trinajstić information content (AvgIpc) is 2.87. The summed E-state index contributed by atoms with van der Waals surface area (Å²) in [4.78, 5) is 47.6. The molecular formula is C17H16BrNO8S. The molecule has 1 N–H and O–H groups in total. The van der Waals surface area contributed by atoms with Gasteiger partial charge in [0.2, 0.25) is 0 Å². The Morgan fingerprint density at radius 3 is 2.64 bits per heavy atom. The van der Waals surface area contributed by atoms with Crippen molar-refractivity contribution in [2.75, 3.05) is 26.9 Å². The van der Waals surface area contributed by atoms with Crippen LogP contribution < -0.4 is 9.47 Å². The smallest absolute Gasteiger partial charge is 0.341 e. The van der Waals surface area contributed by atoms with Crippen molar-refractivity contribution in [1.29, 1.82) is 0 Å². The summed E-state index contributed by atoms with van der Waals surface area (Å²) >= 11 is 3.97. The number of rotatable bonds is 8. The fourth-order valence-corrected chi connectivity index (χ4v) is 3.63. The van der Waals surface area contributed by atoms with E-state index in [2.05, 4.69) is 15.9 Å². The van der Waals surface area contributed by atoms with Crippen molar-refractivity contribution in [1.82, 2.24) is 4.90 Å². The van der Waals surface area contributed by atoms with Gasteiger partial charge in [-0.1, -0.05) is 0 Å². The predicted molar refractivity (Wildman–Crippen MR) is 103 cm³/mol. The third-order valence-electron chi connectivity index (χ3n) is 3.36. The van der Waals surface area contributed by atoms with Crippen LogP contribution in [0.25, 0.3) is 6.08 Å². The molecule has 1 aliphatic heterocycles. The van der Waals surface area contributed by atoms with Crippen LogP contribution in [0.15, 0.2) is 21.5 Å². The molecule has 2 amide bonds. The first-order valence-electron chi connectivity index (χ1n) is 7.90. The summed E-state index contributed by atoms with van der Waals surface area (Å²) < 4.78 is 15.6. The van der Waals surface area contributed by atoms with Gasteiger partial charge in [-0.2, -0.15) is 0 Å². The summed E-state index contributed by atoms with van der Waals surface area (Å²) in [6, 6.07) is 3.11. The first-order chi connectivity index (χ1) is 13.3. The number of hydrogen-bond acceptors (Lipinski definition) is 8. The highest BCUT2D eigenvalue weighted by Crippen LogP contribution is 2.39. The largest absolute Gasteiger partial charge is 0.493 e. The number of amides is 2. The van der Waals surface area contributed by atoms with Gasteiger partial charge in [0.1, 0.15) is 6.54 Å². The molecule has 1 aromatic rings. The Morgan fingerprint density at radius 2 is 2.04 bits per heavy atom. The van der Waals surface area contributed by atoms with Gasteiger partial charge in [-0.15, -0.1) is 0 Å². The monoisotopic (exact) mass is 473 g/mol. The van der Waals surface area contributed by atoms with Gasteiger partial charge in [0.15, 0.2) is 18.1 Å². The van der Waals surface area contributed by atoms with Crippen molar-refractivity contribution < 1.29 is 38.5 Å². The number of halogens is 1. The average molecular weight is 474 g/mol. The summed E-state index contributed by atoms with van der Waals surface area (Å²) in [7, 11) is 1.38. The molecular weight excluding hydrogens is 458 g/mol. The van der Waals surface area contributed by atoms with Crippen molar-refractivity contribution in [2.24, 2.45) is 0 Å². The maximum Gasteiger partial charge on any atom is 0.341 e. The van der Waals surface area contributed by atoms with Gasteiger partial charge < -0.3 is 19.3 Å². The van der Waals surface area contributed by atoms with Gasteiger partial charge in [0.25, 0.3) is 11.1 Å². The highest BCUT2D eigenvalue weighted by atomic mass is 79.9. The molecule has 0 bridgehead atoms. The Morgan fingerprint density at radius 1 is 1.32 bits per heavy atom. The van der Waals surface area contributed by atoms with E-state index in [1.165, 1.54) is 19.3 Å². The lowest BCUT2D eigenvalue weighted by atomic mass is 10.2. The molecule has 1 aromatic carbocycles. The molecule has 1 saturated heterocycles. The highest BCUT2D eigenvalue weighted by molar-refractivity contribution is 9.10. The molecule has 0 atom stereocenters. The molecule has 11 heteroatoms. The molecule has 150 valence electrons. The summed E-state index contributed by atoms with van der Waals surface area (Å²) in [6.45, 7) is 0.765. The highest BCUT2D eigenvalue weighted by Gasteiger charge is 2.36. The number of benzene rings is 1. The summed E-state index contributed by atoms with van der Waals surface area (Å²) in [5.74, 6) is -1.99. The maximum atomic E-state index is 12.4. The molecule has 0 aromatic heterocycles. The first-order valence-corrected chi connectivity index (χ1v) is 9.50. The van der Waals surface area contributed by atoms with Crippen LogP contribution >= 0.6 is 27.7 Å². The van der Waals surface area contributed by atoms with Crippen LogP contribution in [0.2, 0.25) is 0 Å². The zero-order chi connectivity index (χ0) is 20.8. The Labute approximate surface area is 172 Å². The number of esters is 1. The molecule has 28 heavy (non-hydrogen) atoms. The number of carbonyl (C=O) groups is 4. The molecule has 0 unspecified atom stereocenters. The molecule has 0 spiro atoms. The topological polar surface area (TPSA) is 119 Å². The van der Waals surface area contributed by atoms with Gasteiger partial charge >= 0.3 is 11.9 Å². The number of aliphatic carboxylic acids is 1. The number of thioether (sulfide) groups is 1. The first kappa shape index (κ1) is 21.8. The Hall–Kier alpha value is -2.53. The number of carboxylic acids is 1. The van der Waals surface area contributed by atoms with Crippen LogP contribution in [0, 0.1) is 0 Å². The van der Waals surface area contributed by atoms with Crippen molar-refractivity contribution in [3.05, 3.63) is 27.1 Å². The van der Waals surface area contributed by atoms with Crippen molar-refractivity contribution >= 4 is 56.9 Å². The fourth-order valence-electron chi connectivity index (χ4n) is 2.22. The number of nitrogens with zero attached hydrogens (tertiary/aromatic N) is 1. The van der Waals surface area contributed by atoms with Gasteiger partial charge in [0, 0.05) is 0 Å². The normalized spacial score (nSPS) is 15.1. The number of hydrogen-bond donors (Lipinski definition) is 1. The van der Waals surface area contributed by atoms with Crippen LogP contribution in [-0.4, -0.2) is 60.0 Å². The van der Waals surface area contributed by atoms with E-state index in [4.69, 9.17) is 19.3 Å². The minimum atomic E-state index is -1.15. The molecule has 2 rings (SSSR count). The molecule has 1 heterocycles. The minimum Gasteiger partial charge on any atom is -0.493 e. The lowest BCUT2D eigenvalue weighted by molar-refractivity contribution is -0.146. The van der Waals surface area contributed by atoms with Gasteiger partial charge in [0.05, 0.1) is 23.1 Å². The van der Waals surface area contributed by atoms with Crippen LogP contribution in [0.5, 0.6) is 11.5 Å². The summed E-state index contributed by atoms with van der Waals surface area (Å²) in [5.41, 5.74) is 0.507. The van der Waals surface area contributed by atoms with E-state index in [1.807, 2.05) is 0 Å². The molecule has 0 radical (unpaired) electrons. The quantitative estimate of drug-likeness (QED) is 0.448. The molecule has 0 saturated carbocycles. The second-order valence-electron chi connectivity index (χ2n) is 5.29. The van der Waals surface area contributed by atoms with Crippen LogP contribution in [0.1, 0.15) is 12.5 Å². The van der Waals surface area contributed by atoms with Crippen molar-refractivity contribution in [3.63, 3.8) is 0 Å². The Balaban J connectivity index is 2.26. The zero-order valence-corrected chi connectivity index (χ0v) is 17.3. The number of carbonyl (C=O) groups excluding carboxylic acids is 3. The molecule has 1 aliphatic rings. The lowest BCUT2D eigenvalue weighted by Gasteiger charge is -2.12. The van der Waals surface area contributed by atoms with E-state index >= 15 is 0 Å². The third-order valence-corrected chi connectivity index (χ3v) is 4.85. The lowest BCUT2D eigenvalue weighted by Crippen LogP contribution is -2.34. The molecule has 9 nitrogen and oxygen atoms in total. The SMILES string of the molecule is CCOC(=O)CN1C(=O)S/C(=C/c2cc(Br)c(OCC(=O)O)c(OC)c2)C1=O. The summed E-state index contributed by atoms with van der Waals surface area (Å²) in [6.07, 6.45) is 1.46. The van der Waals surface area contributed by atoms with Gasteiger partial charge in [-0.25, -0.2) is 4.79 Å². The van der Waals surface area contributed by atoms with E-state index in [9.17, 15) is 19.2 Å². The molecule has 1 fully saturated rings. The van der Waals surface area contributed by atoms with E-state index in [0.29, 0.717) is 21.8 Å². The van der Waals surface area contributed by atoms with Crippen LogP contribution in [-0.2, 0) is 19.1 Å². The summed E-state index contributed by atoms with van der Waals surface area (Å²) in [5, 5.41) is 8.18. The fraction of sp³-hybridized carbons (Fsp3) is 0.294. The molecule has 0 aliphatic carbocycles. The number of imide groups is 1. The van der Waals surface area contributed by atoms with Gasteiger partial charge in [-0.05, 0) is 58.4 Å². The second-order valence-corrected chi connectivity index (χ2v) is 7.14. The number of carboxylic acid groups (broad SMARTS) is 1. The zero-order valence-electron chi connectivity index (χ0n) is 14.9. The maximum absolute atomic E-state index is 12.4. The number of methoxy groups -OCH3 is 1. The van der Waals surface area contributed by atoms with Crippen LogP contribution in [0.4, 0.5) is 4.79 Å². The van der Waals surface area contributed by atoms with E-state index < -0.39 is 36.2 Å². The van der Waals surface area contributed by atoms with E-state index in [1.54, 1.807) is 13.0 Å². The Bertz CT molecular complexity index is 854. The predicted octanol–water partition coefficient (Wildman–Crippen LogP) is 2.52. The van der Waals surface area contributed by atoms with Crippen molar-refractivity contribution in [2.45, 2.75) is 6.92 Å². The van der Waals surface area contributed by atoms with Crippen molar-refractivity contribution in [3.8, 4) is 11.5 Å². The minimum absolute atomic E-state index is 0.127. The number of ether oxygens (including phenoxy) is 3. The standard InChI is InChI=1S/C17H16BrNO8S/c1-3-26-14(22)7-19-16(23)12(28-17(19)24)6-9-4-10(18)15(11(5-9)25-2)27-8-13(20)21/h4-6H,3,7-8H2,1-2H3,(H,20,21)/b12-6+.